The Morgan fingerprint density at radius 1 is 1.29 bits per heavy atom. The van der Waals surface area contributed by atoms with E-state index in [4.69, 9.17) is 5.11 Å². The molecule has 2 fully saturated rings. The average Bonchev–Trinajstić information content (AvgIpc) is 2.86. The second-order valence-corrected chi connectivity index (χ2v) is 5.80. The number of carbonyl (C=O) groups is 1. The zero-order chi connectivity index (χ0) is 14.4. The summed E-state index contributed by atoms with van der Waals surface area (Å²) in [6.07, 6.45) is 2.96. The van der Waals surface area contributed by atoms with Gasteiger partial charge in [-0.1, -0.05) is 6.07 Å². The van der Waals surface area contributed by atoms with Crippen LogP contribution in [-0.2, 0) is 6.54 Å². The average molecular weight is 284 g/mol. The fourth-order valence-corrected chi connectivity index (χ4v) is 3.42. The molecule has 4 rings (SSSR count). The maximum absolute atomic E-state index is 10.9. The van der Waals surface area contributed by atoms with E-state index in [2.05, 4.69) is 16.1 Å². The van der Waals surface area contributed by atoms with E-state index in [1.165, 1.54) is 4.90 Å². The van der Waals surface area contributed by atoms with Crippen LogP contribution in [0.25, 0.3) is 0 Å². The van der Waals surface area contributed by atoms with E-state index >= 15 is 0 Å². The van der Waals surface area contributed by atoms with Crippen LogP contribution in [0, 0.1) is 11.8 Å². The van der Waals surface area contributed by atoms with Gasteiger partial charge in [-0.25, -0.2) is 4.79 Å². The summed E-state index contributed by atoms with van der Waals surface area (Å²) in [6, 6.07) is 7.91. The monoisotopic (exact) mass is 284 g/mol. The molecule has 6 heteroatoms. The molecule has 0 bridgehead atoms. The Morgan fingerprint density at radius 2 is 2.10 bits per heavy atom. The molecule has 0 radical (unpaired) electrons. The van der Waals surface area contributed by atoms with Crippen molar-refractivity contribution in [2.45, 2.75) is 12.5 Å². The predicted octanol–water partition coefficient (Wildman–Crippen LogP) is 1.65. The van der Waals surface area contributed by atoms with Gasteiger partial charge >= 0.3 is 6.09 Å². The van der Waals surface area contributed by atoms with Crippen LogP contribution in [0.3, 0.4) is 0 Å². The highest BCUT2D eigenvalue weighted by Crippen LogP contribution is 2.57. The highest BCUT2D eigenvalue weighted by atomic mass is 16.4. The molecule has 1 unspecified atom stereocenters. The number of hydrogen-bond donors (Lipinski definition) is 1. The highest BCUT2D eigenvalue weighted by Gasteiger charge is 2.58. The lowest BCUT2D eigenvalue weighted by Gasteiger charge is -2.14. The minimum atomic E-state index is -0.804. The van der Waals surface area contributed by atoms with Crippen LogP contribution in [0.1, 0.15) is 17.3 Å². The molecular formula is C15H16N4O2. The van der Waals surface area contributed by atoms with Gasteiger partial charge in [0.05, 0.1) is 17.9 Å². The molecule has 108 valence electrons. The van der Waals surface area contributed by atoms with Crippen LogP contribution in [-0.4, -0.2) is 44.0 Å². The van der Waals surface area contributed by atoms with Gasteiger partial charge in [-0.05, 0) is 30.0 Å². The first kappa shape index (κ1) is 12.4. The third kappa shape index (κ3) is 2.16. The Balaban J connectivity index is 1.42. The molecule has 2 aliphatic rings. The van der Waals surface area contributed by atoms with Crippen molar-refractivity contribution in [2.24, 2.45) is 11.8 Å². The van der Waals surface area contributed by atoms with Crippen molar-refractivity contribution >= 4 is 6.09 Å². The first-order chi connectivity index (χ1) is 10.2. The van der Waals surface area contributed by atoms with Gasteiger partial charge in [0.1, 0.15) is 0 Å². The van der Waals surface area contributed by atoms with Crippen molar-refractivity contribution in [1.82, 2.24) is 19.7 Å². The fraction of sp³-hybridized carbons (Fsp3) is 0.400. The standard InChI is InChI=1S/C15H16N4O2/c20-15(21)18-8-11-12(9-18)14(11)13-4-6-19(17-13)7-10-3-1-2-5-16-10/h1-6,11-12,14H,7-9H2,(H,20,21)/t11-,12+,14?. The summed E-state index contributed by atoms with van der Waals surface area (Å²) < 4.78 is 1.90. The molecule has 1 saturated carbocycles. The van der Waals surface area contributed by atoms with Gasteiger partial charge in [0.25, 0.3) is 0 Å². The summed E-state index contributed by atoms with van der Waals surface area (Å²) in [6.45, 7) is 1.97. The highest BCUT2D eigenvalue weighted by molar-refractivity contribution is 5.66. The summed E-state index contributed by atoms with van der Waals surface area (Å²) in [5.41, 5.74) is 2.08. The smallest absolute Gasteiger partial charge is 0.407 e. The number of nitrogens with zero attached hydrogens (tertiary/aromatic N) is 4. The van der Waals surface area contributed by atoms with Crippen molar-refractivity contribution in [3.63, 3.8) is 0 Å². The van der Waals surface area contributed by atoms with E-state index in [0.29, 0.717) is 37.4 Å². The third-order valence-electron chi connectivity index (χ3n) is 4.52. The molecule has 0 aromatic carbocycles. The SMILES string of the molecule is O=C(O)N1C[C@@H]2C(c3ccn(Cc4ccccn4)n3)[C@@H]2C1. The van der Waals surface area contributed by atoms with Gasteiger partial charge in [-0.2, -0.15) is 5.10 Å². The van der Waals surface area contributed by atoms with E-state index < -0.39 is 6.09 Å². The minimum Gasteiger partial charge on any atom is -0.465 e. The first-order valence-electron chi connectivity index (χ1n) is 7.13. The van der Waals surface area contributed by atoms with Gasteiger partial charge in [0, 0.05) is 31.4 Å². The Labute approximate surface area is 122 Å². The topological polar surface area (TPSA) is 71.2 Å². The van der Waals surface area contributed by atoms with Crippen molar-refractivity contribution < 1.29 is 9.90 Å². The van der Waals surface area contributed by atoms with Gasteiger partial charge in [0.2, 0.25) is 0 Å². The lowest BCUT2D eigenvalue weighted by atomic mass is 10.2. The number of rotatable bonds is 3. The van der Waals surface area contributed by atoms with Crippen LogP contribution in [0.5, 0.6) is 0 Å². The predicted molar refractivity (Wildman–Crippen MR) is 74.9 cm³/mol. The lowest BCUT2D eigenvalue weighted by Crippen LogP contribution is -2.29. The molecule has 1 N–H and O–H groups in total. The van der Waals surface area contributed by atoms with Gasteiger partial charge < -0.3 is 10.0 Å². The summed E-state index contributed by atoms with van der Waals surface area (Å²) in [7, 11) is 0. The molecular weight excluding hydrogens is 268 g/mol. The summed E-state index contributed by atoms with van der Waals surface area (Å²) in [5.74, 6) is 1.35. The minimum absolute atomic E-state index is 0.436. The first-order valence-corrected chi connectivity index (χ1v) is 7.13. The van der Waals surface area contributed by atoms with Gasteiger partial charge in [0.15, 0.2) is 0 Å². The number of piperidine rings is 1. The van der Waals surface area contributed by atoms with Crippen molar-refractivity contribution in [3.05, 3.63) is 48.0 Å². The summed E-state index contributed by atoms with van der Waals surface area (Å²) in [4.78, 5) is 16.7. The zero-order valence-corrected chi connectivity index (χ0v) is 11.5. The molecule has 1 aliphatic heterocycles. The van der Waals surface area contributed by atoms with Crippen LogP contribution in [0.15, 0.2) is 36.7 Å². The number of likely N-dealkylation sites (tertiary alicyclic amines) is 1. The molecule has 0 spiro atoms. The Bertz CT molecular complexity index is 657. The number of carboxylic acid groups (broad SMARTS) is 1. The van der Waals surface area contributed by atoms with Crippen molar-refractivity contribution in [3.8, 4) is 0 Å². The largest absolute Gasteiger partial charge is 0.465 e. The molecule has 3 atom stereocenters. The Morgan fingerprint density at radius 3 is 2.76 bits per heavy atom. The van der Waals surface area contributed by atoms with E-state index in [9.17, 15) is 4.79 Å². The quantitative estimate of drug-likeness (QED) is 0.930. The number of hydrogen-bond acceptors (Lipinski definition) is 3. The maximum Gasteiger partial charge on any atom is 0.407 e. The molecule has 2 aromatic rings. The molecule has 1 saturated heterocycles. The number of amides is 1. The van der Waals surface area contributed by atoms with Gasteiger partial charge in [-0.3, -0.25) is 9.67 Å². The van der Waals surface area contributed by atoms with E-state index in [1.807, 2.05) is 29.1 Å². The maximum atomic E-state index is 10.9. The fourth-order valence-electron chi connectivity index (χ4n) is 3.42. The van der Waals surface area contributed by atoms with E-state index in [0.717, 1.165) is 11.4 Å². The normalized spacial score (nSPS) is 26.7. The summed E-state index contributed by atoms with van der Waals surface area (Å²) in [5, 5.41) is 13.6. The van der Waals surface area contributed by atoms with Crippen LogP contribution in [0.2, 0.25) is 0 Å². The molecule has 3 heterocycles. The number of aromatic nitrogens is 3. The zero-order valence-electron chi connectivity index (χ0n) is 11.5. The summed E-state index contributed by atoms with van der Waals surface area (Å²) >= 11 is 0. The molecule has 2 aromatic heterocycles. The number of pyridine rings is 1. The van der Waals surface area contributed by atoms with E-state index in [-0.39, 0.29) is 0 Å². The second-order valence-electron chi connectivity index (χ2n) is 5.80. The number of fused-ring (bicyclic) bond motifs is 1. The Hall–Kier alpha value is -2.37. The third-order valence-corrected chi connectivity index (χ3v) is 4.52. The molecule has 1 amide bonds. The van der Waals surface area contributed by atoms with Crippen molar-refractivity contribution in [1.29, 1.82) is 0 Å². The molecule has 1 aliphatic carbocycles. The van der Waals surface area contributed by atoms with Crippen molar-refractivity contribution in [2.75, 3.05) is 13.1 Å². The Kier molecular flexibility index (Phi) is 2.70. The molecule has 6 nitrogen and oxygen atoms in total. The second kappa shape index (κ2) is 4.58. The van der Waals surface area contributed by atoms with Crippen LogP contribution in [0.4, 0.5) is 4.79 Å². The van der Waals surface area contributed by atoms with Crippen LogP contribution >= 0.6 is 0 Å². The van der Waals surface area contributed by atoms with Gasteiger partial charge in [-0.15, -0.1) is 0 Å². The molecule has 21 heavy (non-hydrogen) atoms. The van der Waals surface area contributed by atoms with Crippen LogP contribution < -0.4 is 0 Å². The van der Waals surface area contributed by atoms with E-state index in [1.54, 1.807) is 6.20 Å². The lowest BCUT2D eigenvalue weighted by molar-refractivity contribution is 0.150.